The molecule has 11 heteroatoms. The van der Waals surface area contributed by atoms with E-state index in [-0.39, 0.29) is 53.3 Å². The summed E-state index contributed by atoms with van der Waals surface area (Å²) >= 11 is 12.2. The van der Waals surface area contributed by atoms with Crippen LogP contribution in [0.1, 0.15) is 13.8 Å². The van der Waals surface area contributed by atoms with E-state index in [4.69, 9.17) is 27.9 Å². The number of ether oxygens (including phenoxy) is 1. The number of hydrogen-bond acceptors (Lipinski definition) is 5. The Morgan fingerprint density at radius 2 is 1.81 bits per heavy atom. The summed E-state index contributed by atoms with van der Waals surface area (Å²) in [4.78, 5) is 16.5. The molecule has 0 spiro atoms. The summed E-state index contributed by atoms with van der Waals surface area (Å²) in [6.45, 7) is 9.12. The first-order valence-electron chi connectivity index (χ1n) is 10.5. The number of urea groups is 1. The van der Waals surface area contributed by atoms with Gasteiger partial charge in [-0.25, -0.2) is 13.2 Å². The Morgan fingerprint density at radius 1 is 1.16 bits per heavy atom. The molecule has 1 aromatic rings. The zero-order valence-electron chi connectivity index (χ0n) is 17.9. The quantitative estimate of drug-likeness (QED) is 0.658. The van der Waals surface area contributed by atoms with Crippen LogP contribution in [0.2, 0.25) is 10.0 Å². The SMILES string of the molecule is CC(C)CN1CCO[C@H](CNC(=O)N2CCN(S(=O)(=O)c3c(Cl)cccc3Cl)CC2)C1. The maximum Gasteiger partial charge on any atom is 0.317 e. The van der Waals surface area contributed by atoms with Crippen molar-refractivity contribution in [1.82, 2.24) is 19.4 Å². The van der Waals surface area contributed by atoms with Crippen LogP contribution in [-0.4, -0.2) is 93.6 Å². The largest absolute Gasteiger partial charge is 0.374 e. The number of rotatable bonds is 6. The van der Waals surface area contributed by atoms with Gasteiger partial charge in [0, 0.05) is 52.4 Å². The van der Waals surface area contributed by atoms with Crippen molar-refractivity contribution >= 4 is 39.3 Å². The lowest BCUT2D eigenvalue weighted by atomic mass is 10.2. The molecule has 31 heavy (non-hydrogen) atoms. The van der Waals surface area contributed by atoms with Gasteiger partial charge in [-0.1, -0.05) is 43.1 Å². The molecule has 2 saturated heterocycles. The first kappa shape index (κ1) is 24.5. The number of piperazine rings is 1. The third-order valence-electron chi connectivity index (χ3n) is 5.37. The molecule has 0 aliphatic carbocycles. The predicted molar refractivity (Wildman–Crippen MR) is 121 cm³/mol. The number of hydrogen-bond donors (Lipinski definition) is 1. The molecular formula is C20H30Cl2N4O4S. The van der Waals surface area contributed by atoms with Gasteiger partial charge in [-0.3, -0.25) is 4.90 Å². The highest BCUT2D eigenvalue weighted by atomic mass is 35.5. The van der Waals surface area contributed by atoms with E-state index in [1.807, 2.05) is 0 Å². The van der Waals surface area contributed by atoms with Crippen molar-refractivity contribution in [2.24, 2.45) is 5.92 Å². The van der Waals surface area contributed by atoms with Crippen LogP contribution in [0.4, 0.5) is 4.79 Å². The fraction of sp³-hybridized carbons (Fsp3) is 0.650. The van der Waals surface area contributed by atoms with Crippen LogP contribution < -0.4 is 5.32 Å². The Bertz CT molecular complexity index is 856. The van der Waals surface area contributed by atoms with Gasteiger partial charge in [-0.05, 0) is 18.1 Å². The number of carbonyl (C=O) groups is 1. The van der Waals surface area contributed by atoms with E-state index in [1.54, 1.807) is 11.0 Å². The van der Waals surface area contributed by atoms with Gasteiger partial charge < -0.3 is 15.0 Å². The van der Waals surface area contributed by atoms with Crippen molar-refractivity contribution in [3.05, 3.63) is 28.2 Å². The molecule has 0 radical (unpaired) electrons. The molecule has 0 unspecified atom stereocenters. The summed E-state index contributed by atoms with van der Waals surface area (Å²) in [7, 11) is -3.83. The van der Waals surface area contributed by atoms with Crippen LogP contribution in [-0.2, 0) is 14.8 Å². The summed E-state index contributed by atoms with van der Waals surface area (Å²) in [6, 6.07) is 4.39. The third-order valence-corrected chi connectivity index (χ3v) is 8.22. The van der Waals surface area contributed by atoms with Gasteiger partial charge in [0.05, 0.1) is 22.8 Å². The number of sulfonamides is 1. The van der Waals surface area contributed by atoms with Gasteiger partial charge in [0.2, 0.25) is 10.0 Å². The Labute approximate surface area is 194 Å². The van der Waals surface area contributed by atoms with E-state index < -0.39 is 10.0 Å². The number of nitrogens with zero attached hydrogens (tertiary/aromatic N) is 3. The number of nitrogens with one attached hydrogen (secondary N) is 1. The van der Waals surface area contributed by atoms with Crippen molar-refractivity contribution in [2.75, 3.05) is 59.0 Å². The molecule has 0 bridgehead atoms. The van der Waals surface area contributed by atoms with Gasteiger partial charge in [0.25, 0.3) is 0 Å². The van der Waals surface area contributed by atoms with Gasteiger partial charge >= 0.3 is 6.03 Å². The molecule has 2 amide bonds. The van der Waals surface area contributed by atoms with Crippen LogP contribution in [0.25, 0.3) is 0 Å². The monoisotopic (exact) mass is 492 g/mol. The van der Waals surface area contributed by atoms with Crippen molar-refractivity contribution in [3.63, 3.8) is 0 Å². The lowest BCUT2D eigenvalue weighted by Crippen LogP contribution is -2.55. The van der Waals surface area contributed by atoms with Gasteiger partial charge in [-0.2, -0.15) is 4.31 Å². The fourth-order valence-electron chi connectivity index (χ4n) is 3.89. The Balaban J connectivity index is 1.50. The van der Waals surface area contributed by atoms with E-state index in [1.165, 1.54) is 16.4 Å². The Kier molecular flexibility index (Phi) is 8.45. The average molecular weight is 493 g/mol. The number of halogens is 2. The predicted octanol–water partition coefficient (Wildman–Crippen LogP) is 2.37. The molecule has 2 fully saturated rings. The highest BCUT2D eigenvalue weighted by Crippen LogP contribution is 2.31. The molecule has 8 nitrogen and oxygen atoms in total. The molecule has 1 atom stereocenters. The minimum Gasteiger partial charge on any atom is -0.374 e. The van der Waals surface area contributed by atoms with Gasteiger partial charge in [0.15, 0.2) is 0 Å². The second-order valence-electron chi connectivity index (χ2n) is 8.27. The van der Waals surface area contributed by atoms with Crippen molar-refractivity contribution in [2.45, 2.75) is 24.8 Å². The molecule has 2 aliphatic heterocycles. The summed E-state index contributed by atoms with van der Waals surface area (Å²) < 4.78 is 33.0. The van der Waals surface area contributed by atoms with E-state index in [0.717, 1.165) is 19.6 Å². The van der Waals surface area contributed by atoms with Crippen molar-refractivity contribution in [1.29, 1.82) is 0 Å². The zero-order chi connectivity index (χ0) is 22.6. The standard InChI is InChI=1S/C20H30Cl2N4O4S/c1-15(2)13-24-10-11-30-16(14-24)12-23-20(27)25-6-8-26(9-7-25)31(28,29)19-17(21)4-3-5-18(19)22/h3-5,15-16H,6-14H2,1-2H3,(H,23,27)/t16-/m1/s1. The molecule has 1 aromatic carbocycles. The Hall–Kier alpha value is -1.10. The van der Waals surface area contributed by atoms with Crippen LogP contribution in [0.15, 0.2) is 23.1 Å². The summed E-state index contributed by atoms with van der Waals surface area (Å²) in [5.41, 5.74) is 0. The van der Waals surface area contributed by atoms with E-state index in [2.05, 4.69) is 24.1 Å². The van der Waals surface area contributed by atoms with Crippen LogP contribution in [0.3, 0.4) is 0 Å². The minimum atomic E-state index is -3.83. The number of carbonyl (C=O) groups excluding carboxylic acids is 1. The fourth-order valence-corrected chi connectivity index (χ4v) is 6.40. The molecular weight excluding hydrogens is 463 g/mol. The maximum absolute atomic E-state index is 13.0. The molecule has 0 aromatic heterocycles. The first-order valence-corrected chi connectivity index (χ1v) is 12.7. The highest BCUT2D eigenvalue weighted by molar-refractivity contribution is 7.89. The minimum absolute atomic E-state index is 0.0412. The van der Waals surface area contributed by atoms with Crippen LogP contribution in [0, 0.1) is 5.92 Å². The average Bonchev–Trinajstić information content (AvgIpc) is 2.71. The van der Waals surface area contributed by atoms with E-state index in [9.17, 15) is 13.2 Å². The number of morpholine rings is 1. The maximum atomic E-state index is 13.0. The summed E-state index contributed by atoms with van der Waals surface area (Å²) in [5.74, 6) is 0.585. The second-order valence-corrected chi connectivity index (χ2v) is 11.0. The van der Waals surface area contributed by atoms with Gasteiger partial charge in [0.1, 0.15) is 4.90 Å². The molecule has 2 aliphatic rings. The lowest BCUT2D eigenvalue weighted by Gasteiger charge is -2.36. The zero-order valence-corrected chi connectivity index (χ0v) is 20.2. The third kappa shape index (κ3) is 6.24. The number of benzene rings is 1. The molecule has 1 N–H and O–H groups in total. The van der Waals surface area contributed by atoms with E-state index in [0.29, 0.717) is 19.1 Å². The first-order chi connectivity index (χ1) is 14.7. The number of amides is 2. The van der Waals surface area contributed by atoms with Crippen molar-refractivity contribution in [3.8, 4) is 0 Å². The molecule has 2 heterocycles. The highest BCUT2D eigenvalue weighted by Gasteiger charge is 2.33. The molecule has 174 valence electrons. The molecule has 3 rings (SSSR count). The summed E-state index contributed by atoms with van der Waals surface area (Å²) in [5, 5.41) is 3.10. The van der Waals surface area contributed by atoms with Crippen LogP contribution in [0.5, 0.6) is 0 Å². The topological polar surface area (TPSA) is 82.2 Å². The normalized spacial score (nSPS) is 21.5. The van der Waals surface area contributed by atoms with E-state index >= 15 is 0 Å². The van der Waals surface area contributed by atoms with Gasteiger partial charge in [-0.15, -0.1) is 0 Å². The lowest BCUT2D eigenvalue weighted by molar-refractivity contribution is -0.0294. The Morgan fingerprint density at radius 3 is 2.42 bits per heavy atom. The van der Waals surface area contributed by atoms with Crippen LogP contribution >= 0.6 is 23.2 Å². The summed E-state index contributed by atoms with van der Waals surface area (Å²) in [6.07, 6.45) is -0.0412. The smallest absolute Gasteiger partial charge is 0.317 e. The van der Waals surface area contributed by atoms with Crippen molar-refractivity contribution < 1.29 is 17.9 Å². The molecule has 0 saturated carbocycles. The second kappa shape index (κ2) is 10.7.